The van der Waals surface area contributed by atoms with E-state index in [9.17, 15) is 9.59 Å². The van der Waals surface area contributed by atoms with Gasteiger partial charge in [0.25, 0.3) is 0 Å². The minimum absolute atomic E-state index is 0. The van der Waals surface area contributed by atoms with Crippen molar-refractivity contribution in [2.45, 2.75) is 27.3 Å². The van der Waals surface area contributed by atoms with Crippen LogP contribution in [0.1, 0.15) is 29.2 Å². The number of hydrogen-bond acceptors (Lipinski definition) is 2. The molecule has 0 atom stereocenters. The third-order valence-electron chi connectivity index (χ3n) is 2.99. The van der Waals surface area contributed by atoms with E-state index >= 15 is 0 Å². The Labute approximate surface area is 140 Å². The molecule has 2 rings (SSSR count). The first-order valence-corrected chi connectivity index (χ1v) is 7.55. The summed E-state index contributed by atoms with van der Waals surface area (Å²) in [5, 5.41) is 2.50. The quantitative estimate of drug-likeness (QED) is 0.884. The molecule has 0 saturated heterocycles. The fourth-order valence-electron chi connectivity index (χ4n) is 2.04. The first kappa shape index (κ1) is 18.2. The Hall–Kier alpha value is -2.82. The zero-order chi connectivity index (χ0) is 17.2. The fourth-order valence-corrected chi connectivity index (χ4v) is 2.04. The van der Waals surface area contributed by atoms with Crippen LogP contribution in [0.5, 0.6) is 0 Å². The standard InChI is InChI=1S/C16H17N3O2.C2H6.2H2/c1-12(20)19(11-13-6-3-2-4-7-13)15-9-5-8-14(10-15)18-16(17)21;1-2;;/h2-10H,11H2,1H3,(H3,17,18,21);1-2H3;2*1H. The second-order valence-electron chi connectivity index (χ2n) is 4.63. The number of amides is 3. The lowest BCUT2D eigenvalue weighted by atomic mass is 10.2. The van der Waals surface area contributed by atoms with E-state index in [1.54, 1.807) is 23.1 Å². The number of primary amides is 1. The molecular formula is C18H27N3O2. The van der Waals surface area contributed by atoms with E-state index in [-0.39, 0.29) is 8.76 Å². The number of benzene rings is 2. The van der Waals surface area contributed by atoms with Crippen LogP contribution in [-0.4, -0.2) is 11.9 Å². The molecule has 0 fully saturated rings. The smallest absolute Gasteiger partial charge is 0.316 e. The Balaban J connectivity index is 0. The highest BCUT2D eigenvalue weighted by Gasteiger charge is 2.12. The van der Waals surface area contributed by atoms with Crippen LogP contribution in [0, 0.1) is 0 Å². The van der Waals surface area contributed by atoms with Crippen LogP contribution in [0.4, 0.5) is 16.2 Å². The lowest BCUT2D eigenvalue weighted by Crippen LogP contribution is -2.28. The average Bonchev–Trinajstić information content (AvgIpc) is 2.55. The molecule has 126 valence electrons. The van der Waals surface area contributed by atoms with Crippen LogP contribution in [0.15, 0.2) is 54.6 Å². The number of carbonyl (C=O) groups is 2. The molecule has 3 amide bonds. The summed E-state index contributed by atoms with van der Waals surface area (Å²) in [4.78, 5) is 24.4. The minimum Gasteiger partial charge on any atom is -0.351 e. The van der Waals surface area contributed by atoms with Gasteiger partial charge in [-0.25, -0.2) is 4.79 Å². The topological polar surface area (TPSA) is 75.4 Å². The molecule has 2 aromatic carbocycles. The summed E-state index contributed by atoms with van der Waals surface area (Å²) in [6, 6.07) is 16.1. The maximum absolute atomic E-state index is 11.9. The van der Waals surface area contributed by atoms with Crippen LogP contribution < -0.4 is 16.0 Å². The van der Waals surface area contributed by atoms with Crippen molar-refractivity contribution in [2.75, 3.05) is 10.2 Å². The van der Waals surface area contributed by atoms with Crippen molar-refractivity contribution in [2.24, 2.45) is 5.73 Å². The van der Waals surface area contributed by atoms with E-state index in [1.165, 1.54) is 6.92 Å². The van der Waals surface area contributed by atoms with E-state index in [0.717, 1.165) is 5.56 Å². The Morgan fingerprint density at radius 1 is 1.09 bits per heavy atom. The Morgan fingerprint density at radius 3 is 2.30 bits per heavy atom. The van der Waals surface area contributed by atoms with E-state index < -0.39 is 6.03 Å². The molecule has 2 aromatic rings. The summed E-state index contributed by atoms with van der Waals surface area (Å²) >= 11 is 0. The van der Waals surface area contributed by atoms with Crippen molar-refractivity contribution >= 4 is 23.3 Å². The summed E-state index contributed by atoms with van der Waals surface area (Å²) in [7, 11) is 0. The molecule has 0 aliphatic heterocycles. The summed E-state index contributed by atoms with van der Waals surface area (Å²) in [6.45, 7) is 5.98. The zero-order valence-corrected chi connectivity index (χ0v) is 13.7. The molecule has 5 nitrogen and oxygen atoms in total. The molecule has 0 radical (unpaired) electrons. The summed E-state index contributed by atoms with van der Waals surface area (Å²) < 4.78 is 0. The number of nitrogens with two attached hydrogens (primary N) is 1. The Bertz CT molecular complexity index is 652. The van der Waals surface area contributed by atoms with Crippen molar-refractivity contribution in [3.63, 3.8) is 0 Å². The molecule has 0 bridgehead atoms. The highest BCUT2D eigenvalue weighted by molar-refractivity contribution is 5.93. The molecule has 5 heteroatoms. The van der Waals surface area contributed by atoms with E-state index in [1.807, 2.05) is 50.2 Å². The molecule has 23 heavy (non-hydrogen) atoms. The van der Waals surface area contributed by atoms with Gasteiger partial charge in [0.05, 0.1) is 6.54 Å². The first-order valence-electron chi connectivity index (χ1n) is 7.55. The van der Waals surface area contributed by atoms with Crippen molar-refractivity contribution in [1.82, 2.24) is 0 Å². The molecule has 0 aliphatic carbocycles. The average molecular weight is 317 g/mol. The van der Waals surface area contributed by atoms with Gasteiger partial charge >= 0.3 is 6.03 Å². The van der Waals surface area contributed by atoms with Gasteiger partial charge in [0.2, 0.25) is 5.91 Å². The van der Waals surface area contributed by atoms with Gasteiger partial charge in [0.15, 0.2) is 0 Å². The molecule has 0 heterocycles. The van der Waals surface area contributed by atoms with Crippen molar-refractivity contribution in [1.29, 1.82) is 0 Å². The minimum atomic E-state index is -0.635. The summed E-state index contributed by atoms with van der Waals surface area (Å²) in [5.74, 6) is -0.0740. The zero-order valence-electron chi connectivity index (χ0n) is 13.7. The van der Waals surface area contributed by atoms with Crippen LogP contribution in [0.3, 0.4) is 0 Å². The summed E-state index contributed by atoms with van der Waals surface area (Å²) in [5.41, 5.74) is 7.39. The Morgan fingerprint density at radius 2 is 1.74 bits per heavy atom. The van der Waals surface area contributed by atoms with Crippen LogP contribution in [0.25, 0.3) is 0 Å². The van der Waals surface area contributed by atoms with E-state index in [0.29, 0.717) is 17.9 Å². The number of nitrogens with zero attached hydrogens (tertiary/aromatic N) is 1. The van der Waals surface area contributed by atoms with E-state index in [2.05, 4.69) is 5.32 Å². The van der Waals surface area contributed by atoms with Crippen molar-refractivity contribution in [3.8, 4) is 0 Å². The van der Waals surface area contributed by atoms with Crippen LogP contribution in [-0.2, 0) is 11.3 Å². The van der Waals surface area contributed by atoms with Gasteiger partial charge in [-0.05, 0) is 23.8 Å². The van der Waals surface area contributed by atoms with Crippen molar-refractivity contribution < 1.29 is 12.4 Å². The van der Waals surface area contributed by atoms with E-state index in [4.69, 9.17) is 5.73 Å². The van der Waals surface area contributed by atoms with Gasteiger partial charge in [-0.3, -0.25) is 4.79 Å². The van der Waals surface area contributed by atoms with Crippen LogP contribution in [0.2, 0.25) is 0 Å². The number of urea groups is 1. The predicted octanol–water partition coefficient (Wildman–Crippen LogP) is 4.25. The number of anilines is 2. The third-order valence-corrected chi connectivity index (χ3v) is 2.99. The number of carbonyl (C=O) groups excluding carboxylic acids is 2. The highest BCUT2D eigenvalue weighted by atomic mass is 16.2. The normalized spacial score (nSPS) is 9.35. The van der Waals surface area contributed by atoms with Gasteiger partial charge in [-0.2, -0.15) is 0 Å². The van der Waals surface area contributed by atoms with Gasteiger partial charge in [0.1, 0.15) is 0 Å². The summed E-state index contributed by atoms with van der Waals surface area (Å²) in [6.07, 6.45) is 0. The Kier molecular flexibility index (Phi) is 7.33. The SMILES string of the molecule is CC.CC(=O)N(Cc1ccccc1)c1cccc(NC(N)=O)c1.[HH].[HH]. The number of hydrogen-bond donors (Lipinski definition) is 2. The predicted molar refractivity (Wildman–Crippen MR) is 98.5 cm³/mol. The lowest BCUT2D eigenvalue weighted by Gasteiger charge is -2.22. The molecule has 0 unspecified atom stereocenters. The van der Waals surface area contributed by atoms with Gasteiger partial charge in [0, 0.05) is 21.2 Å². The molecule has 0 saturated carbocycles. The lowest BCUT2D eigenvalue weighted by molar-refractivity contribution is -0.116. The molecule has 0 aliphatic rings. The van der Waals surface area contributed by atoms with Crippen LogP contribution >= 0.6 is 0 Å². The first-order chi connectivity index (χ1) is 11.1. The monoisotopic (exact) mass is 317 g/mol. The highest BCUT2D eigenvalue weighted by Crippen LogP contribution is 2.21. The molecular weight excluding hydrogens is 290 g/mol. The molecule has 0 aromatic heterocycles. The maximum Gasteiger partial charge on any atom is 0.316 e. The fraction of sp³-hybridized carbons (Fsp3) is 0.222. The maximum atomic E-state index is 11.9. The second-order valence-corrected chi connectivity index (χ2v) is 4.63. The number of rotatable bonds is 4. The van der Waals surface area contributed by atoms with Crippen molar-refractivity contribution in [3.05, 3.63) is 60.2 Å². The van der Waals surface area contributed by atoms with Gasteiger partial charge in [-0.1, -0.05) is 50.2 Å². The number of nitrogens with one attached hydrogen (secondary N) is 1. The van der Waals surface area contributed by atoms with Gasteiger partial charge in [-0.15, -0.1) is 0 Å². The second kappa shape index (κ2) is 9.25. The molecule has 0 spiro atoms. The third kappa shape index (κ3) is 5.82. The largest absolute Gasteiger partial charge is 0.351 e. The van der Waals surface area contributed by atoms with Gasteiger partial charge < -0.3 is 16.0 Å². The molecule has 3 N–H and O–H groups in total.